The molecular weight excluding hydrogens is 1020 g/mol. The summed E-state index contributed by atoms with van der Waals surface area (Å²) in [6.45, 7) is 26.6. The third-order valence-corrected chi connectivity index (χ3v) is 15.2. The van der Waals surface area contributed by atoms with E-state index in [1.165, 1.54) is 134 Å². The van der Waals surface area contributed by atoms with Crippen LogP contribution in [0.3, 0.4) is 0 Å². The molecule has 5 N–H and O–H groups in total. The molecule has 74 heavy (non-hydrogen) atoms. The number of aromatic nitrogens is 5. The molecule has 0 aromatic carbocycles. The van der Waals surface area contributed by atoms with E-state index in [1.807, 2.05) is 153 Å². The SMILES string of the molecule is CC.CC.CC.CC.CC.CCCCCCc1cc(-c2ccc[nH]2)cs1.CCCCCc1cc(-c2ccc[nH]2)cs1.Cc1cc(-c2ccc[nH]2)cs1.SCc1cc(-c2ccc[nH]2)cs1.c1c[nH]c(-c2ccsc2)c1. The van der Waals surface area contributed by atoms with Crippen LogP contribution in [0.15, 0.2) is 154 Å². The van der Waals surface area contributed by atoms with Crippen LogP contribution >= 0.6 is 69.3 Å². The molecule has 0 radical (unpaired) electrons. The summed E-state index contributed by atoms with van der Waals surface area (Å²) in [5.74, 6) is 0.825. The molecule has 0 spiro atoms. The average Bonchev–Trinajstić information content (AvgIpc) is 4.30. The number of unbranched alkanes of at least 4 members (excludes halogenated alkanes) is 5. The van der Waals surface area contributed by atoms with E-state index in [1.54, 1.807) is 34.0 Å². The lowest BCUT2D eigenvalue weighted by atomic mass is 10.1. The highest BCUT2D eigenvalue weighted by Crippen LogP contribution is 2.28. The number of aryl methyl sites for hydroxylation is 3. The van der Waals surface area contributed by atoms with Crippen LogP contribution in [-0.4, -0.2) is 24.9 Å². The van der Waals surface area contributed by atoms with Crippen molar-refractivity contribution >= 4 is 69.3 Å². The summed E-state index contributed by atoms with van der Waals surface area (Å²) in [6, 6.07) is 31.7. The average molecular weight is 1110 g/mol. The third kappa shape index (κ3) is 26.1. The van der Waals surface area contributed by atoms with Crippen LogP contribution in [0.1, 0.15) is 148 Å². The Hall–Kier alpha value is -4.75. The maximum atomic E-state index is 4.22. The zero-order valence-electron chi connectivity index (χ0n) is 47.1. The molecular formula is C63H91N5S6. The molecule has 10 heterocycles. The molecule has 0 amide bonds. The van der Waals surface area contributed by atoms with Crippen molar-refractivity contribution < 1.29 is 0 Å². The van der Waals surface area contributed by atoms with E-state index >= 15 is 0 Å². The molecule has 0 unspecified atom stereocenters. The molecule has 10 aromatic heterocycles. The number of hydrogen-bond donors (Lipinski definition) is 6. The maximum absolute atomic E-state index is 4.22. The number of thiophene rings is 5. The summed E-state index contributed by atoms with van der Waals surface area (Å²) in [4.78, 5) is 21.7. The summed E-state index contributed by atoms with van der Waals surface area (Å²) >= 11 is 13.2. The summed E-state index contributed by atoms with van der Waals surface area (Å²) in [5, 5.41) is 13.0. The molecule has 10 aromatic rings. The Morgan fingerprint density at radius 1 is 0.378 bits per heavy atom. The van der Waals surface area contributed by atoms with Crippen molar-refractivity contribution in [2.45, 2.75) is 154 Å². The maximum Gasteiger partial charge on any atom is 0.0462 e. The molecule has 0 bridgehead atoms. The number of hydrogen-bond acceptors (Lipinski definition) is 6. The number of aromatic amines is 5. The molecule has 11 heteroatoms. The number of H-pyrrole nitrogens is 5. The Morgan fingerprint density at radius 2 is 0.716 bits per heavy atom. The Labute approximate surface area is 474 Å². The van der Waals surface area contributed by atoms with Crippen molar-refractivity contribution in [3.05, 3.63) is 174 Å². The van der Waals surface area contributed by atoms with Crippen molar-refractivity contribution in [1.82, 2.24) is 24.9 Å². The monoisotopic (exact) mass is 1110 g/mol. The Kier molecular flexibility index (Phi) is 40.5. The quantitative estimate of drug-likeness (QED) is 0.0437. The van der Waals surface area contributed by atoms with Crippen LogP contribution in [0, 0.1) is 6.92 Å². The Morgan fingerprint density at radius 3 is 1.03 bits per heavy atom. The second kappa shape index (κ2) is 44.5. The van der Waals surface area contributed by atoms with Gasteiger partial charge in [0.1, 0.15) is 0 Å². The highest BCUT2D eigenvalue weighted by atomic mass is 32.1. The highest BCUT2D eigenvalue weighted by Gasteiger charge is 2.05. The summed E-state index contributed by atoms with van der Waals surface area (Å²) < 4.78 is 0. The fourth-order valence-corrected chi connectivity index (χ4v) is 11.0. The van der Waals surface area contributed by atoms with Crippen molar-refractivity contribution in [2.24, 2.45) is 0 Å². The van der Waals surface area contributed by atoms with Gasteiger partial charge in [-0.3, -0.25) is 0 Å². The fourth-order valence-electron chi connectivity index (χ4n) is 6.74. The van der Waals surface area contributed by atoms with Gasteiger partial charge in [-0.05, 0) is 129 Å². The van der Waals surface area contributed by atoms with Crippen LogP contribution in [0.5, 0.6) is 0 Å². The molecule has 0 atom stereocenters. The number of thiol groups is 1. The molecule has 5 nitrogen and oxygen atoms in total. The van der Waals surface area contributed by atoms with Crippen LogP contribution in [-0.2, 0) is 18.6 Å². The van der Waals surface area contributed by atoms with Gasteiger partial charge in [-0.15, -0.1) is 45.3 Å². The van der Waals surface area contributed by atoms with Crippen molar-refractivity contribution in [3.63, 3.8) is 0 Å². The van der Waals surface area contributed by atoms with Crippen LogP contribution < -0.4 is 0 Å². The van der Waals surface area contributed by atoms with Crippen LogP contribution in [0.25, 0.3) is 56.3 Å². The zero-order chi connectivity index (χ0) is 54.6. The van der Waals surface area contributed by atoms with E-state index in [-0.39, 0.29) is 0 Å². The molecule has 0 aliphatic carbocycles. The van der Waals surface area contributed by atoms with E-state index in [2.05, 4.69) is 151 Å². The lowest BCUT2D eigenvalue weighted by Crippen LogP contribution is -1.81. The van der Waals surface area contributed by atoms with Gasteiger partial charge in [-0.2, -0.15) is 24.0 Å². The van der Waals surface area contributed by atoms with Gasteiger partial charge in [0.15, 0.2) is 0 Å². The van der Waals surface area contributed by atoms with Gasteiger partial charge in [0, 0.05) is 139 Å². The van der Waals surface area contributed by atoms with E-state index in [0.29, 0.717) is 0 Å². The second-order valence-electron chi connectivity index (χ2n) is 15.2. The normalized spacial score (nSPS) is 9.49. The molecule has 0 saturated carbocycles. The van der Waals surface area contributed by atoms with E-state index in [0.717, 1.165) is 5.75 Å². The fraction of sp³-hybridized carbons (Fsp3) is 0.365. The lowest BCUT2D eigenvalue weighted by molar-refractivity contribution is 0.670. The molecule has 0 aliphatic heterocycles. The van der Waals surface area contributed by atoms with Gasteiger partial charge in [0.05, 0.1) is 0 Å². The molecule has 0 saturated heterocycles. The van der Waals surface area contributed by atoms with E-state index in [9.17, 15) is 0 Å². The third-order valence-electron chi connectivity index (χ3n) is 10.2. The van der Waals surface area contributed by atoms with E-state index in [4.69, 9.17) is 0 Å². The predicted molar refractivity (Wildman–Crippen MR) is 346 cm³/mol. The zero-order valence-corrected chi connectivity index (χ0v) is 52.0. The molecule has 10 rings (SSSR count). The first-order chi connectivity index (χ1) is 36.5. The number of rotatable bonds is 15. The molecule has 0 aliphatic rings. The lowest BCUT2D eigenvalue weighted by Gasteiger charge is -1.96. The second-order valence-corrected chi connectivity index (χ2v) is 20.4. The van der Waals surface area contributed by atoms with E-state index < -0.39 is 0 Å². The minimum Gasteiger partial charge on any atom is -0.361 e. The number of nitrogens with one attached hydrogen (secondary N) is 5. The van der Waals surface area contributed by atoms with Gasteiger partial charge in [-0.1, -0.05) is 115 Å². The standard InChI is InChI=1S/C14H19NS.C13H17NS.C9H9NS2.C9H9NS.C8H7NS.5C2H6/c1-2-3-4-5-7-13-10-12(11-16-13)14-8-6-9-15-14;1-2-3-4-6-12-9-11(10-15-12)13-7-5-8-14-13;11-5-8-4-7(6-12-8)9-2-1-3-10-9;1-7-5-8(6-11-7)9-3-2-4-10-9;1-2-8(9-4-1)7-3-5-10-6-7;5*1-2/h6,8-11,15H,2-5,7H2,1H3;5,7-10,14H,2-4,6H2,1H3;1-4,6,10-11H,5H2;2-6,10H,1H3;1-6,9H;5*1-2H3. The molecule has 404 valence electrons. The van der Waals surface area contributed by atoms with Crippen LogP contribution in [0.2, 0.25) is 0 Å². The van der Waals surface area contributed by atoms with Gasteiger partial charge >= 0.3 is 0 Å². The largest absolute Gasteiger partial charge is 0.361 e. The minimum atomic E-state index is 0.825. The van der Waals surface area contributed by atoms with Gasteiger partial charge in [-0.25, -0.2) is 0 Å². The smallest absolute Gasteiger partial charge is 0.0462 e. The first-order valence-corrected chi connectivity index (χ1v) is 32.2. The van der Waals surface area contributed by atoms with Gasteiger partial charge in [0.2, 0.25) is 0 Å². The highest BCUT2D eigenvalue weighted by molar-refractivity contribution is 7.79. The molecule has 0 fully saturated rings. The first kappa shape index (κ1) is 67.3. The van der Waals surface area contributed by atoms with Crippen molar-refractivity contribution in [3.8, 4) is 56.3 Å². The summed E-state index contributed by atoms with van der Waals surface area (Å²) in [7, 11) is 0. The first-order valence-electron chi connectivity index (χ1n) is 27.1. The van der Waals surface area contributed by atoms with Crippen molar-refractivity contribution in [2.75, 3.05) is 0 Å². The Balaban J connectivity index is 0.000000446. The van der Waals surface area contributed by atoms with Gasteiger partial charge in [0.25, 0.3) is 0 Å². The predicted octanol–water partition coefficient (Wildman–Crippen LogP) is 23.4. The minimum absolute atomic E-state index is 0.825. The topological polar surface area (TPSA) is 78.9 Å². The summed E-state index contributed by atoms with van der Waals surface area (Å²) in [6.07, 6.45) is 21.6. The van der Waals surface area contributed by atoms with Gasteiger partial charge < -0.3 is 24.9 Å². The van der Waals surface area contributed by atoms with Crippen LogP contribution in [0.4, 0.5) is 0 Å². The summed E-state index contributed by atoms with van der Waals surface area (Å²) in [5.41, 5.74) is 12.5. The Bertz CT molecular complexity index is 2570. The van der Waals surface area contributed by atoms with Crippen molar-refractivity contribution in [1.29, 1.82) is 0 Å².